The molecule has 5 heteroatoms. The van der Waals surface area contributed by atoms with Crippen molar-refractivity contribution in [2.75, 3.05) is 13.6 Å². The standard InChI is InChI=1S/C14H18N2O3/c1-15(9-11-5-3-2-4-6-11)14(19)16(10-13(17)18)12-7-8-12/h2-6,12H,7-10H2,1H3,(H,17,18). The smallest absolute Gasteiger partial charge is 0.323 e. The minimum absolute atomic E-state index is 0.0989. The SMILES string of the molecule is CN(Cc1ccccc1)C(=O)N(CC(=O)O)C1CC1. The van der Waals surface area contributed by atoms with E-state index in [0.29, 0.717) is 6.54 Å². The van der Waals surface area contributed by atoms with E-state index in [1.807, 2.05) is 30.3 Å². The number of carboxylic acid groups (broad SMARTS) is 1. The third-order valence-corrected chi connectivity index (χ3v) is 3.13. The zero-order valence-electron chi connectivity index (χ0n) is 11.0. The number of benzene rings is 1. The molecule has 1 aromatic carbocycles. The molecule has 0 heterocycles. The van der Waals surface area contributed by atoms with Crippen LogP contribution in [0.1, 0.15) is 18.4 Å². The van der Waals surface area contributed by atoms with E-state index in [1.165, 1.54) is 4.90 Å². The molecule has 5 nitrogen and oxygen atoms in total. The lowest BCUT2D eigenvalue weighted by molar-refractivity contribution is -0.137. The summed E-state index contributed by atoms with van der Waals surface area (Å²) < 4.78 is 0. The quantitative estimate of drug-likeness (QED) is 0.880. The van der Waals surface area contributed by atoms with Crippen molar-refractivity contribution in [1.82, 2.24) is 9.80 Å². The van der Waals surface area contributed by atoms with Crippen LogP contribution in [0.25, 0.3) is 0 Å². The van der Waals surface area contributed by atoms with E-state index in [-0.39, 0.29) is 18.6 Å². The van der Waals surface area contributed by atoms with Crippen molar-refractivity contribution in [3.05, 3.63) is 35.9 Å². The summed E-state index contributed by atoms with van der Waals surface area (Å²) in [5, 5.41) is 8.87. The highest BCUT2D eigenvalue weighted by Crippen LogP contribution is 2.27. The Morgan fingerprint density at radius 1 is 1.26 bits per heavy atom. The van der Waals surface area contributed by atoms with E-state index < -0.39 is 5.97 Å². The Hall–Kier alpha value is -2.04. The van der Waals surface area contributed by atoms with Gasteiger partial charge in [-0.3, -0.25) is 4.79 Å². The number of carbonyl (C=O) groups excluding carboxylic acids is 1. The predicted octanol–water partition coefficient (Wildman–Crippen LogP) is 1.79. The van der Waals surface area contributed by atoms with E-state index in [1.54, 1.807) is 11.9 Å². The van der Waals surface area contributed by atoms with E-state index in [0.717, 1.165) is 18.4 Å². The number of hydrogen-bond acceptors (Lipinski definition) is 2. The molecule has 1 N–H and O–H groups in total. The second-order valence-electron chi connectivity index (χ2n) is 4.88. The molecule has 1 aliphatic rings. The maximum Gasteiger partial charge on any atom is 0.323 e. The summed E-state index contributed by atoms with van der Waals surface area (Å²) in [7, 11) is 1.70. The number of carboxylic acids is 1. The van der Waals surface area contributed by atoms with Gasteiger partial charge in [0, 0.05) is 19.6 Å². The summed E-state index contributed by atoms with van der Waals surface area (Å²) in [6.45, 7) is 0.269. The largest absolute Gasteiger partial charge is 0.480 e. The summed E-state index contributed by atoms with van der Waals surface area (Å²) in [5.41, 5.74) is 1.03. The number of rotatable bonds is 5. The molecule has 2 rings (SSSR count). The van der Waals surface area contributed by atoms with Crippen LogP contribution < -0.4 is 0 Å². The molecular weight excluding hydrogens is 244 g/mol. The first-order chi connectivity index (χ1) is 9.08. The molecule has 0 aromatic heterocycles. The van der Waals surface area contributed by atoms with Gasteiger partial charge >= 0.3 is 12.0 Å². The Kier molecular flexibility index (Phi) is 4.04. The normalized spacial score (nSPS) is 13.9. The van der Waals surface area contributed by atoms with Gasteiger partial charge in [-0.25, -0.2) is 4.79 Å². The molecule has 102 valence electrons. The van der Waals surface area contributed by atoms with Gasteiger partial charge in [-0.15, -0.1) is 0 Å². The van der Waals surface area contributed by atoms with Crippen LogP contribution in [-0.2, 0) is 11.3 Å². The van der Waals surface area contributed by atoms with Gasteiger partial charge in [-0.05, 0) is 18.4 Å². The third-order valence-electron chi connectivity index (χ3n) is 3.13. The van der Waals surface area contributed by atoms with Gasteiger partial charge in [-0.2, -0.15) is 0 Å². The fourth-order valence-corrected chi connectivity index (χ4v) is 2.03. The van der Waals surface area contributed by atoms with Gasteiger partial charge in [0.15, 0.2) is 0 Å². The number of urea groups is 1. The van der Waals surface area contributed by atoms with Gasteiger partial charge in [0.25, 0.3) is 0 Å². The van der Waals surface area contributed by atoms with Crippen molar-refractivity contribution in [3.63, 3.8) is 0 Å². The topological polar surface area (TPSA) is 60.9 Å². The molecular formula is C14H18N2O3. The Bertz CT molecular complexity index is 457. The second kappa shape index (κ2) is 5.73. The molecule has 1 saturated carbocycles. The lowest BCUT2D eigenvalue weighted by Crippen LogP contribution is -2.44. The summed E-state index contributed by atoms with van der Waals surface area (Å²) in [5.74, 6) is -0.964. The Morgan fingerprint density at radius 3 is 2.42 bits per heavy atom. The second-order valence-corrected chi connectivity index (χ2v) is 4.88. The van der Waals surface area contributed by atoms with Crippen LogP contribution in [0.15, 0.2) is 30.3 Å². The van der Waals surface area contributed by atoms with Crippen LogP contribution in [0.2, 0.25) is 0 Å². The highest BCUT2D eigenvalue weighted by molar-refractivity contribution is 5.80. The highest BCUT2D eigenvalue weighted by atomic mass is 16.4. The van der Waals surface area contributed by atoms with Gasteiger partial charge in [0.1, 0.15) is 6.54 Å². The molecule has 1 fully saturated rings. The zero-order chi connectivity index (χ0) is 13.8. The Morgan fingerprint density at radius 2 is 1.89 bits per heavy atom. The van der Waals surface area contributed by atoms with E-state index in [4.69, 9.17) is 5.11 Å². The maximum atomic E-state index is 12.3. The zero-order valence-corrected chi connectivity index (χ0v) is 11.0. The minimum atomic E-state index is -0.964. The number of hydrogen-bond donors (Lipinski definition) is 1. The molecule has 1 aliphatic carbocycles. The summed E-state index contributed by atoms with van der Waals surface area (Å²) in [4.78, 5) is 26.1. The van der Waals surface area contributed by atoms with E-state index in [9.17, 15) is 9.59 Å². The Balaban J connectivity index is 1.98. The van der Waals surface area contributed by atoms with Crippen molar-refractivity contribution < 1.29 is 14.7 Å². The van der Waals surface area contributed by atoms with Crippen molar-refractivity contribution in [3.8, 4) is 0 Å². The number of carbonyl (C=O) groups is 2. The average molecular weight is 262 g/mol. The number of aliphatic carboxylic acids is 1. The van der Waals surface area contributed by atoms with Gasteiger partial charge in [0.05, 0.1) is 0 Å². The predicted molar refractivity (Wildman–Crippen MR) is 70.7 cm³/mol. The van der Waals surface area contributed by atoms with Crippen LogP contribution in [0.3, 0.4) is 0 Å². The fourth-order valence-electron chi connectivity index (χ4n) is 2.03. The van der Waals surface area contributed by atoms with E-state index in [2.05, 4.69) is 0 Å². The molecule has 0 radical (unpaired) electrons. The number of nitrogens with zero attached hydrogens (tertiary/aromatic N) is 2. The molecule has 0 atom stereocenters. The summed E-state index contributed by atoms with van der Waals surface area (Å²) >= 11 is 0. The van der Waals surface area contributed by atoms with Crippen LogP contribution >= 0.6 is 0 Å². The first kappa shape index (κ1) is 13.4. The lowest BCUT2D eigenvalue weighted by atomic mass is 10.2. The van der Waals surface area contributed by atoms with Crippen molar-refractivity contribution in [2.45, 2.75) is 25.4 Å². The van der Waals surface area contributed by atoms with Crippen molar-refractivity contribution in [1.29, 1.82) is 0 Å². The molecule has 1 aromatic rings. The van der Waals surface area contributed by atoms with Crippen LogP contribution in [0.4, 0.5) is 4.79 Å². The summed E-state index contributed by atoms with van der Waals surface area (Å²) in [6.07, 6.45) is 1.80. The van der Waals surface area contributed by atoms with Gasteiger partial charge in [-0.1, -0.05) is 30.3 Å². The monoisotopic (exact) mass is 262 g/mol. The van der Waals surface area contributed by atoms with Crippen LogP contribution in [0.5, 0.6) is 0 Å². The van der Waals surface area contributed by atoms with Crippen molar-refractivity contribution in [2.24, 2.45) is 0 Å². The van der Waals surface area contributed by atoms with E-state index >= 15 is 0 Å². The Labute approximate surface area is 112 Å². The fraction of sp³-hybridized carbons (Fsp3) is 0.429. The van der Waals surface area contributed by atoms with Crippen LogP contribution in [0, 0.1) is 0 Å². The molecule has 0 bridgehead atoms. The lowest BCUT2D eigenvalue weighted by Gasteiger charge is -2.27. The molecule has 0 unspecified atom stereocenters. The molecule has 0 aliphatic heterocycles. The molecule has 0 spiro atoms. The maximum absolute atomic E-state index is 12.3. The average Bonchev–Trinajstić information content (AvgIpc) is 3.20. The first-order valence-electron chi connectivity index (χ1n) is 6.35. The van der Waals surface area contributed by atoms with Crippen molar-refractivity contribution >= 4 is 12.0 Å². The third kappa shape index (κ3) is 3.71. The van der Waals surface area contributed by atoms with Crippen LogP contribution in [-0.4, -0.2) is 46.5 Å². The van der Waals surface area contributed by atoms with Gasteiger partial charge in [0.2, 0.25) is 0 Å². The van der Waals surface area contributed by atoms with Gasteiger partial charge < -0.3 is 14.9 Å². The summed E-state index contributed by atoms with van der Waals surface area (Å²) in [6, 6.07) is 9.54. The molecule has 2 amide bonds. The molecule has 19 heavy (non-hydrogen) atoms. The minimum Gasteiger partial charge on any atom is -0.480 e. The molecule has 0 saturated heterocycles. The highest BCUT2D eigenvalue weighted by Gasteiger charge is 2.35. The first-order valence-corrected chi connectivity index (χ1v) is 6.35. The number of amides is 2.